The maximum atomic E-state index is 14.0. The van der Waals surface area contributed by atoms with E-state index in [4.69, 9.17) is 4.99 Å². The fourth-order valence-corrected chi connectivity index (χ4v) is 7.41. The third-order valence-electron chi connectivity index (χ3n) is 6.96. The number of rotatable bonds is 7. The maximum Gasteiger partial charge on any atom is 0.269 e. The topological polar surface area (TPSA) is 95.3 Å². The zero-order valence-corrected chi connectivity index (χ0v) is 25.3. The van der Waals surface area contributed by atoms with Crippen molar-refractivity contribution in [3.63, 3.8) is 0 Å². The number of hydrogen-bond acceptors (Lipinski definition) is 9. The molecule has 0 spiro atoms. The van der Waals surface area contributed by atoms with Gasteiger partial charge in [0.05, 0.1) is 47.7 Å². The van der Waals surface area contributed by atoms with Crippen molar-refractivity contribution in [3.8, 4) is 6.07 Å². The van der Waals surface area contributed by atoms with E-state index in [1.54, 1.807) is 28.8 Å². The summed E-state index contributed by atoms with van der Waals surface area (Å²) < 4.78 is 0. The van der Waals surface area contributed by atoms with Crippen LogP contribution >= 0.6 is 23.5 Å². The van der Waals surface area contributed by atoms with Crippen LogP contribution in [0.5, 0.6) is 0 Å². The first kappa shape index (κ1) is 28.8. The number of nitrogens with one attached hydrogen (secondary N) is 1. The van der Waals surface area contributed by atoms with Crippen LogP contribution in [-0.4, -0.2) is 83.9 Å². The summed E-state index contributed by atoms with van der Waals surface area (Å²) in [4.78, 5) is 41.1. The number of thioether (sulfide) groups is 2. The molecule has 9 nitrogen and oxygen atoms in total. The van der Waals surface area contributed by atoms with Gasteiger partial charge < -0.3 is 20.0 Å². The predicted molar refractivity (Wildman–Crippen MR) is 166 cm³/mol. The summed E-state index contributed by atoms with van der Waals surface area (Å²) in [6.07, 6.45) is 0.745. The number of carbonyl (C=O) groups is 2. The molecule has 5 rings (SSSR count). The Kier molecular flexibility index (Phi) is 8.73. The van der Waals surface area contributed by atoms with Gasteiger partial charge in [-0.3, -0.25) is 14.5 Å². The Morgan fingerprint density at radius 2 is 1.95 bits per heavy atom. The molecular weight excluding hydrogens is 555 g/mol. The lowest BCUT2D eigenvalue weighted by atomic mass is 10.2. The van der Waals surface area contributed by atoms with Gasteiger partial charge in [0.1, 0.15) is 4.91 Å². The van der Waals surface area contributed by atoms with Crippen LogP contribution in [0, 0.1) is 11.3 Å². The highest BCUT2D eigenvalue weighted by Gasteiger charge is 2.41. The Bertz CT molecular complexity index is 1490. The molecule has 212 valence electrons. The number of aliphatic imine (C=N–C) groups is 1. The second-order valence-electron chi connectivity index (χ2n) is 10.2. The summed E-state index contributed by atoms with van der Waals surface area (Å²) in [6, 6.07) is 17.4. The molecule has 0 aromatic heterocycles. The third kappa shape index (κ3) is 6.15. The Hall–Kier alpha value is -3.72. The van der Waals surface area contributed by atoms with Crippen LogP contribution in [0.4, 0.5) is 11.4 Å². The van der Waals surface area contributed by atoms with E-state index >= 15 is 0 Å². The first-order valence-electron chi connectivity index (χ1n) is 13.5. The molecule has 0 unspecified atom stereocenters. The van der Waals surface area contributed by atoms with E-state index in [2.05, 4.69) is 16.3 Å². The molecule has 41 heavy (non-hydrogen) atoms. The number of likely N-dealkylation sites (N-methyl/N-ethyl adjacent to an activating group) is 1. The highest BCUT2D eigenvalue weighted by Crippen LogP contribution is 2.49. The highest BCUT2D eigenvalue weighted by molar-refractivity contribution is 8.19. The SMILES string of the molecule is CCNc1ccc(C#N)cc1/N=C1/S/C(=C2\SC3=C(CCN(C(=O)CN(C)C)C3)N2C)C(=O)N1Cc1ccccc1. The minimum Gasteiger partial charge on any atom is -0.384 e. The summed E-state index contributed by atoms with van der Waals surface area (Å²) in [7, 11) is 5.79. The Morgan fingerprint density at radius 1 is 1.17 bits per heavy atom. The van der Waals surface area contributed by atoms with E-state index in [-0.39, 0.29) is 11.8 Å². The van der Waals surface area contributed by atoms with Crippen LogP contribution in [0.2, 0.25) is 0 Å². The van der Waals surface area contributed by atoms with Crippen molar-refractivity contribution in [3.05, 3.63) is 80.2 Å². The van der Waals surface area contributed by atoms with Crippen LogP contribution in [-0.2, 0) is 16.1 Å². The number of amides is 2. The number of amidine groups is 1. The molecule has 0 saturated carbocycles. The number of hydrogen-bond donors (Lipinski definition) is 1. The van der Waals surface area contributed by atoms with E-state index in [0.29, 0.717) is 54.0 Å². The van der Waals surface area contributed by atoms with Crippen molar-refractivity contribution in [2.24, 2.45) is 4.99 Å². The molecule has 0 bridgehead atoms. The highest BCUT2D eigenvalue weighted by atomic mass is 32.2. The Labute approximate surface area is 249 Å². The van der Waals surface area contributed by atoms with Gasteiger partial charge in [0, 0.05) is 37.2 Å². The van der Waals surface area contributed by atoms with Gasteiger partial charge in [-0.2, -0.15) is 5.26 Å². The minimum atomic E-state index is -0.103. The molecule has 3 aliphatic heterocycles. The van der Waals surface area contributed by atoms with Crippen molar-refractivity contribution in [2.45, 2.75) is 19.9 Å². The average Bonchev–Trinajstić information content (AvgIpc) is 3.45. The normalized spacial score (nSPS) is 19.9. The van der Waals surface area contributed by atoms with E-state index in [9.17, 15) is 14.9 Å². The third-order valence-corrected chi connectivity index (χ3v) is 9.44. The number of carbonyl (C=O) groups excluding carboxylic acids is 2. The lowest BCUT2D eigenvalue weighted by Crippen LogP contribution is -2.41. The second kappa shape index (κ2) is 12.4. The summed E-state index contributed by atoms with van der Waals surface area (Å²) >= 11 is 2.94. The van der Waals surface area contributed by atoms with Crippen LogP contribution in [0.1, 0.15) is 24.5 Å². The number of anilines is 1. The predicted octanol–water partition coefficient (Wildman–Crippen LogP) is 4.61. The van der Waals surface area contributed by atoms with Gasteiger partial charge in [0.2, 0.25) is 5.91 Å². The second-order valence-corrected chi connectivity index (χ2v) is 12.3. The van der Waals surface area contributed by atoms with Crippen LogP contribution in [0.15, 0.2) is 74.1 Å². The number of nitrogens with zero attached hydrogens (tertiary/aromatic N) is 6. The largest absolute Gasteiger partial charge is 0.384 e. The average molecular weight is 588 g/mol. The quantitative estimate of drug-likeness (QED) is 0.470. The molecule has 1 saturated heterocycles. The first-order valence-corrected chi connectivity index (χ1v) is 15.1. The van der Waals surface area contributed by atoms with E-state index in [1.165, 1.54) is 11.8 Å². The summed E-state index contributed by atoms with van der Waals surface area (Å²) in [5.41, 5.74) is 4.09. The molecule has 2 aromatic carbocycles. The van der Waals surface area contributed by atoms with Crippen molar-refractivity contribution in [1.29, 1.82) is 5.26 Å². The molecule has 2 aromatic rings. The van der Waals surface area contributed by atoms with Crippen LogP contribution < -0.4 is 5.32 Å². The Morgan fingerprint density at radius 3 is 2.66 bits per heavy atom. The smallest absolute Gasteiger partial charge is 0.269 e. The van der Waals surface area contributed by atoms with Crippen molar-refractivity contribution >= 4 is 51.9 Å². The van der Waals surface area contributed by atoms with Crippen LogP contribution in [0.25, 0.3) is 0 Å². The Balaban J connectivity index is 1.49. The van der Waals surface area contributed by atoms with Gasteiger partial charge in [-0.25, -0.2) is 4.99 Å². The molecule has 3 aliphatic rings. The zero-order valence-electron chi connectivity index (χ0n) is 23.7. The molecular formula is C30H33N7O2S2. The van der Waals surface area contributed by atoms with Gasteiger partial charge >= 0.3 is 0 Å². The fourth-order valence-electron chi connectivity index (χ4n) is 4.92. The molecule has 2 amide bonds. The molecule has 3 heterocycles. The monoisotopic (exact) mass is 587 g/mol. The van der Waals surface area contributed by atoms with Crippen molar-refractivity contribution < 1.29 is 9.59 Å². The molecule has 0 aliphatic carbocycles. The zero-order chi connectivity index (χ0) is 29.1. The van der Waals surface area contributed by atoms with Gasteiger partial charge in [0.15, 0.2) is 5.17 Å². The molecule has 1 N–H and O–H groups in total. The van der Waals surface area contributed by atoms with Gasteiger partial charge in [-0.05, 0) is 56.5 Å². The molecule has 0 radical (unpaired) electrons. The summed E-state index contributed by atoms with van der Waals surface area (Å²) in [6.45, 7) is 4.67. The number of nitriles is 1. The van der Waals surface area contributed by atoms with Crippen LogP contribution in [0.3, 0.4) is 0 Å². The minimum absolute atomic E-state index is 0.103. The van der Waals surface area contributed by atoms with Crippen molar-refractivity contribution in [2.75, 3.05) is 52.6 Å². The van der Waals surface area contributed by atoms with E-state index < -0.39 is 0 Å². The fraction of sp³-hybridized carbons (Fsp3) is 0.333. The first-order chi connectivity index (χ1) is 19.8. The lowest BCUT2D eigenvalue weighted by Gasteiger charge is -2.30. The molecule has 0 atom stereocenters. The van der Waals surface area contributed by atoms with Gasteiger partial charge in [-0.1, -0.05) is 42.1 Å². The summed E-state index contributed by atoms with van der Waals surface area (Å²) in [5, 5.41) is 14.3. The standard InChI is InChI=1S/C30H33N7O2S2/c1-5-32-22-12-11-21(16-31)15-23(22)33-30-37(17-20-9-7-6-8-10-20)28(39)27(41-30)29-35(4)24-13-14-36(18-25(24)40-29)26(38)19-34(2)3/h6-12,15,32H,5,13-14,17-19H2,1-4H3/b29-27-,33-30+. The lowest BCUT2D eigenvalue weighted by molar-refractivity contribution is -0.131. The van der Waals surface area contributed by atoms with Crippen molar-refractivity contribution in [1.82, 2.24) is 19.6 Å². The van der Waals surface area contributed by atoms with Gasteiger partial charge in [-0.15, -0.1) is 0 Å². The van der Waals surface area contributed by atoms with E-state index in [0.717, 1.165) is 33.3 Å². The molecule has 1 fully saturated rings. The summed E-state index contributed by atoms with van der Waals surface area (Å²) in [5.74, 6) is 0.00514. The number of benzene rings is 2. The molecule has 11 heteroatoms. The van der Waals surface area contributed by atoms with Gasteiger partial charge in [0.25, 0.3) is 5.91 Å². The van der Waals surface area contributed by atoms with E-state index in [1.807, 2.05) is 74.3 Å². The maximum absolute atomic E-state index is 14.0.